The molecule has 1 aromatic carbocycles. The van der Waals surface area contributed by atoms with Crippen LogP contribution in [0.4, 0.5) is 5.69 Å². The van der Waals surface area contributed by atoms with E-state index in [-0.39, 0.29) is 5.91 Å². The minimum Gasteiger partial charge on any atom is -0.399 e. The first-order valence-electron chi connectivity index (χ1n) is 7.99. The van der Waals surface area contributed by atoms with E-state index in [4.69, 9.17) is 5.73 Å². The second-order valence-corrected chi connectivity index (χ2v) is 7.16. The van der Waals surface area contributed by atoms with Crippen molar-refractivity contribution in [1.82, 2.24) is 4.90 Å². The summed E-state index contributed by atoms with van der Waals surface area (Å²) in [6, 6.07) is 8.16. The minimum absolute atomic E-state index is 0.246. The fraction of sp³-hybridized carbons (Fsp3) is 0.611. The lowest BCUT2D eigenvalue weighted by atomic mass is 9.83. The number of nitrogen functional groups attached to an aromatic ring is 1. The maximum absolute atomic E-state index is 13.0. The van der Waals surface area contributed by atoms with Crippen LogP contribution in [0, 0.1) is 5.92 Å². The van der Waals surface area contributed by atoms with Crippen molar-refractivity contribution in [3.05, 3.63) is 29.8 Å². The number of carbonyl (C=O) groups excluding carboxylic acids is 1. The molecule has 1 saturated carbocycles. The summed E-state index contributed by atoms with van der Waals surface area (Å²) in [6.07, 6.45) is 3.38. The molecule has 3 nitrogen and oxygen atoms in total. The molecule has 0 heterocycles. The number of nitrogens with zero attached hydrogens (tertiary/aromatic N) is 1. The van der Waals surface area contributed by atoms with Crippen molar-refractivity contribution in [2.75, 3.05) is 12.3 Å². The van der Waals surface area contributed by atoms with E-state index in [0.717, 1.165) is 37.1 Å². The van der Waals surface area contributed by atoms with Gasteiger partial charge in [0.2, 0.25) is 5.91 Å². The molecule has 0 aliphatic heterocycles. The Morgan fingerprint density at radius 3 is 2.33 bits per heavy atom. The Bertz CT molecular complexity index is 486. The Morgan fingerprint density at radius 1 is 1.29 bits per heavy atom. The zero-order chi connectivity index (χ0) is 15.6. The van der Waals surface area contributed by atoms with Crippen molar-refractivity contribution in [3.8, 4) is 0 Å². The van der Waals surface area contributed by atoms with Crippen LogP contribution in [0.5, 0.6) is 0 Å². The van der Waals surface area contributed by atoms with Gasteiger partial charge in [0.1, 0.15) is 0 Å². The first kappa shape index (κ1) is 15.9. The monoisotopic (exact) mass is 288 g/mol. The van der Waals surface area contributed by atoms with Crippen LogP contribution in [0.2, 0.25) is 0 Å². The quantitative estimate of drug-likeness (QED) is 0.813. The molecule has 0 atom stereocenters. The topological polar surface area (TPSA) is 46.3 Å². The lowest BCUT2D eigenvalue weighted by Crippen LogP contribution is -2.45. The molecule has 0 bridgehead atoms. The highest BCUT2D eigenvalue weighted by Gasteiger charge is 2.40. The molecular weight excluding hydrogens is 260 g/mol. The molecule has 1 fully saturated rings. The molecule has 0 radical (unpaired) electrons. The third kappa shape index (κ3) is 3.78. The molecular formula is C18H28N2O. The number of rotatable bonds is 6. The number of amides is 1. The zero-order valence-electron chi connectivity index (χ0n) is 13.7. The van der Waals surface area contributed by atoms with Crippen molar-refractivity contribution >= 4 is 11.6 Å². The van der Waals surface area contributed by atoms with E-state index in [1.807, 2.05) is 38.1 Å². The van der Waals surface area contributed by atoms with Gasteiger partial charge in [-0.1, -0.05) is 26.0 Å². The largest absolute Gasteiger partial charge is 0.399 e. The van der Waals surface area contributed by atoms with Gasteiger partial charge < -0.3 is 10.6 Å². The Hall–Kier alpha value is -1.51. The maximum Gasteiger partial charge on any atom is 0.232 e. The normalized spacial score (nSPS) is 15.3. The molecule has 1 aliphatic carbocycles. The Kier molecular flexibility index (Phi) is 4.60. The van der Waals surface area contributed by atoms with Gasteiger partial charge in [0, 0.05) is 18.3 Å². The van der Waals surface area contributed by atoms with Gasteiger partial charge >= 0.3 is 0 Å². The lowest BCUT2D eigenvalue weighted by Gasteiger charge is -2.33. The van der Waals surface area contributed by atoms with Crippen molar-refractivity contribution in [3.63, 3.8) is 0 Å². The standard InChI is InChI=1S/C18H28N2O/c1-13(2)11-12-20(16-9-10-16)17(21)18(3,4)14-5-7-15(19)8-6-14/h5-8,13,16H,9-12,19H2,1-4H3. The second-order valence-electron chi connectivity index (χ2n) is 7.16. The van der Waals surface area contributed by atoms with E-state index in [9.17, 15) is 4.79 Å². The number of nitrogens with two attached hydrogens (primary N) is 1. The number of anilines is 1. The fourth-order valence-corrected chi connectivity index (χ4v) is 2.62. The Balaban J connectivity index is 2.16. The molecule has 21 heavy (non-hydrogen) atoms. The van der Waals surface area contributed by atoms with Gasteiger partial charge in [0.15, 0.2) is 0 Å². The number of carbonyl (C=O) groups is 1. The van der Waals surface area contributed by atoms with Gasteiger partial charge in [0.05, 0.1) is 5.41 Å². The molecule has 1 aromatic rings. The van der Waals surface area contributed by atoms with Crippen LogP contribution < -0.4 is 5.73 Å². The van der Waals surface area contributed by atoms with E-state index in [2.05, 4.69) is 18.7 Å². The summed E-state index contributed by atoms with van der Waals surface area (Å²) in [7, 11) is 0. The van der Waals surface area contributed by atoms with Gasteiger partial charge in [-0.05, 0) is 56.7 Å². The molecule has 0 unspecified atom stereocenters. The van der Waals surface area contributed by atoms with Crippen LogP contribution in [-0.4, -0.2) is 23.4 Å². The van der Waals surface area contributed by atoms with Crippen LogP contribution in [0.1, 0.15) is 52.5 Å². The summed E-state index contributed by atoms with van der Waals surface area (Å²) in [5.74, 6) is 0.870. The molecule has 1 amide bonds. The average molecular weight is 288 g/mol. The van der Waals surface area contributed by atoms with E-state index < -0.39 is 5.41 Å². The molecule has 0 aromatic heterocycles. The number of benzene rings is 1. The van der Waals surface area contributed by atoms with Gasteiger partial charge in [-0.25, -0.2) is 0 Å². The van der Waals surface area contributed by atoms with E-state index in [0.29, 0.717) is 12.0 Å². The molecule has 3 heteroatoms. The lowest BCUT2D eigenvalue weighted by molar-refractivity contribution is -0.137. The van der Waals surface area contributed by atoms with Gasteiger partial charge in [0.25, 0.3) is 0 Å². The third-order valence-electron chi connectivity index (χ3n) is 4.36. The fourth-order valence-electron chi connectivity index (χ4n) is 2.62. The Morgan fingerprint density at radius 2 is 1.86 bits per heavy atom. The smallest absolute Gasteiger partial charge is 0.232 e. The highest BCUT2D eigenvalue weighted by Crippen LogP contribution is 2.33. The SMILES string of the molecule is CC(C)CCN(C(=O)C(C)(C)c1ccc(N)cc1)C1CC1. The molecule has 0 spiro atoms. The highest BCUT2D eigenvalue weighted by atomic mass is 16.2. The zero-order valence-corrected chi connectivity index (χ0v) is 13.7. The third-order valence-corrected chi connectivity index (χ3v) is 4.36. The second kappa shape index (κ2) is 6.08. The predicted molar refractivity (Wildman–Crippen MR) is 88.1 cm³/mol. The summed E-state index contributed by atoms with van der Waals surface area (Å²) in [5, 5.41) is 0. The predicted octanol–water partition coefficient (Wildman–Crippen LogP) is 3.58. The highest BCUT2D eigenvalue weighted by molar-refractivity contribution is 5.88. The molecule has 116 valence electrons. The van der Waals surface area contributed by atoms with Crippen LogP contribution in [0.25, 0.3) is 0 Å². The summed E-state index contributed by atoms with van der Waals surface area (Å²) < 4.78 is 0. The van der Waals surface area contributed by atoms with Crippen molar-refractivity contribution in [2.45, 2.75) is 58.4 Å². The first-order chi connectivity index (χ1) is 9.82. The maximum atomic E-state index is 13.0. The van der Waals surface area contributed by atoms with E-state index >= 15 is 0 Å². The van der Waals surface area contributed by atoms with Gasteiger partial charge in [-0.15, -0.1) is 0 Å². The summed E-state index contributed by atoms with van der Waals surface area (Å²) >= 11 is 0. The van der Waals surface area contributed by atoms with Gasteiger partial charge in [-0.2, -0.15) is 0 Å². The van der Waals surface area contributed by atoms with Crippen LogP contribution in [0.15, 0.2) is 24.3 Å². The summed E-state index contributed by atoms with van der Waals surface area (Å²) in [4.78, 5) is 15.1. The molecule has 2 rings (SSSR count). The molecule has 2 N–H and O–H groups in total. The van der Waals surface area contributed by atoms with Crippen molar-refractivity contribution in [1.29, 1.82) is 0 Å². The number of hydrogen-bond acceptors (Lipinski definition) is 2. The number of hydrogen-bond donors (Lipinski definition) is 1. The minimum atomic E-state index is -0.493. The summed E-state index contributed by atoms with van der Waals surface area (Å²) in [5.41, 5.74) is 7.03. The van der Waals surface area contributed by atoms with Crippen molar-refractivity contribution < 1.29 is 4.79 Å². The Labute approximate surface area is 128 Å². The van der Waals surface area contributed by atoms with Crippen LogP contribution in [0.3, 0.4) is 0 Å². The van der Waals surface area contributed by atoms with E-state index in [1.165, 1.54) is 0 Å². The van der Waals surface area contributed by atoms with E-state index in [1.54, 1.807) is 0 Å². The average Bonchev–Trinajstić information content (AvgIpc) is 3.23. The molecule has 0 saturated heterocycles. The van der Waals surface area contributed by atoms with Crippen molar-refractivity contribution in [2.24, 2.45) is 5.92 Å². The van der Waals surface area contributed by atoms with Crippen LogP contribution in [-0.2, 0) is 10.2 Å². The molecule has 1 aliphatic rings. The van der Waals surface area contributed by atoms with Crippen LogP contribution >= 0.6 is 0 Å². The summed E-state index contributed by atoms with van der Waals surface area (Å²) in [6.45, 7) is 9.33. The first-order valence-corrected chi connectivity index (χ1v) is 7.99. The van der Waals surface area contributed by atoms with Gasteiger partial charge in [-0.3, -0.25) is 4.79 Å².